The number of fused-ring (bicyclic) bond motifs is 1. The number of anilines is 2. The van der Waals surface area contributed by atoms with Crippen LogP contribution in [0.2, 0.25) is 0 Å². The van der Waals surface area contributed by atoms with Gasteiger partial charge in [-0.2, -0.15) is 0 Å². The average Bonchev–Trinajstić information content (AvgIpc) is 2.96. The van der Waals surface area contributed by atoms with Crippen LogP contribution < -0.4 is 9.62 Å². The standard InChI is InChI=1S/C14H18N4O2S/c1-10-13(16-9-15-10)8-18-6-5-11-3-4-12(7-14(11)18)17-21(2,19)20/h3-4,7,9,17H,5-6,8H2,1-2H3,(H,15,16). The van der Waals surface area contributed by atoms with Gasteiger partial charge in [0.05, 0.1) is 30.5 Å². The summed E-state index contributed by atoms with van der Waals surface area (Å²) in [7, 11) is -3.25. The second-order valence-corrected chi connectivity index (χ2v) is 7.11. The van der Waals surface area contributed by atoms with Crippen LogP contribution in [0.25, 0.3) is 0 Å². The molecule has 3 rings (SSSR count). The third-order valence-electron chi connectivity index (χ3n) is 3.66. The van der Waals surface area contributed by atoms with Crippen LogP contribution in [0.1, 0.15) is 17.0 Å². The number of hydrogen-bond donors (Lipinski definition) is 2. The number of sulfonamides is 1. The number of nitrogens with one attached hydrogen (secondary N) is 2. The van der Waals surface area contributed by atoms with Gasteiger partial charge in [-0.25, -0.2) is 13.4 Å². The molecule has 21 heavy (non-hydrogen) atoms. The molecule has 1 aromatic heterocycles. The molecule has 1 aliphatic rings. The summed E-state index contributed by atoms with van der Waals surface area (Å²) in [5.74, 6) is 0. The van der Waals surface area contributed by atoms with Crippen molar-refractivity contribution >= 4 is 21.4 Å². The Labute approximate surface area is 124 Å². The highest BCUT2D eigenvalue weighted by Gasteiger charge is 2.21. The van der Waals surface area contributed by atoms with Gasteiger partial charge in [0.1, 0.15) is 0 Å². The van der Waals surface area contributed by atoms with Crippen LogP contribution in [0.5, 0.6) is 0 Å². The van der Waals surface area contributed by atoms with Crippen LogP contribution in [-0.2, 0) is 23.0 Å². The molecule has 0 radical (unpaired) electrons. The molecule has 0 spiro atoms. The zero-order valence-electron chi connectivity index (χ0n) is 12.0. The number of nitrogens with zero attached hydrogens (tertiary/aromatic N) is 2. The Hall–Kier alpha value is -2.02. The molecule has 0 atom stereocenters. The number of benzene rings is 1. The number of H-pyrrole nitrogens is 1. The van der Waals surface area contributed by atoms with Crippen molar-refractivity contribution < 1.29 is 8.42 Å². The SMILES string of the molecule is Cc1[nH]cnc1CN1CCc2ccc(NS(C)(=O)=O)cc21. The van der Waals surface area contributed by atoms with Gasteiger partial charge in [-0.05, 0) is 31.0 Å². The molecule has 1 aromatic carbocycles. The lowest BCUT2D eigenvalue weighted by molar-refractivity contribution is 0.607. The smallest absolute Gasteiger partial charge is 0.229 e. The van der Waals surface area contributed by atoms with Gasteiger partial charge < -0.3 is 9.88 Å². The van der Waals surface area contributed by atoms with Crippen LogP contribution in [0.15, 0.2) is 24.5 Å². The Bertz CT molecular complexity index is 767. The quantitative estimate of drug-likeness (QED) is 0.900. The van der Waals surface area contributed by atoms with E-state index in [9.17, 15) is 8.42 Å². The minimum Gasteiger partial charge on any atom is -0.365 e. The Morgan fingerprint density at radius 1 is 1.43 bits per heavy atom. The molecule has 2 heterocycles. The molecule has 112 valence electrons. The summed E-state index contributed by atoms with van der Waals surface area (Å²) in [6.45, 7) is 3.65. The first-order valence-corrected chi connectivity index (χ1v) is 8.66. The lowest BCUT2D eigenvalue weighted by atomic mass is 10.1. The molecule has 0 saturated carbocycles. The van der Waals surface area contributed by atoms with E-state index in [1.54, 1.807) is 6.33 Å². The van der Waals surface area contributed by atoms with Gasteiger partial charge in [0.25, 0.3) is 0 Å². The van der Waals surface area contributed by atoms with Crippen LogP contribution in [0.3, 0.4) is 0 Å². The fourth-order valence-corrected chi connectivity index (χ4v) is 3.17. The normalized spacial score (nSPS) is 14.3. The summed E-state index contributed by atoms with van der Waals surface area (Å²) in [6.07, 6.45) is 3.83. The van der Waals surface area contributed by atoms with Crippen LogP contribution in [0, 0.1) is 6.92 Å². The Morgan fingerprint density at radius 2 is 2.24 bits per heavy atom. The van der Waals surface area contributed by atoms with Crippen molar-refractivity contribution in [3.8, 4) is 0 Å². The van der Waals surface area contributed by atoms with E-state index in [0.29, 0.717) is 5.69 Å². The Morgan fingerprint density at radius 3 is 2.90 bits per heavy atom. The molecule has 0 saturated heterocycles. The van der Waals surface area contributed by atoms with E-state index in [4.69, 9.17) is 0 Å². The van der Waals surface area contributed by atoms with Crippen LogP contribution in [-0.4, -0.2) is 31.2 Å². The van der Waals surface area contributed by atoms with Gasteiger partial charge in [-0.3, -0.25) is 4.72 Å². The maximum absolute atomic E-state index is 11.3. The monoisotopic (exact) mass is 306 g/mol. The zero-order chi connectivity index (χ0) is 15.0. The van der Waals surface area contributed by atoms with E-state index >= 15 is 0 Å². The summed E-state index contributed by atoms with van der Waals surface area (Å²) in [4.78, 5) is 9.63. The highest BCUT2D eigenvalue weighted by atomic mass is 32.2. The van der Waals surface area contributed by atoms with Crippen molar-refractivity contribution in [2.75, 3.05) is 22.4 Å². The first-order valence-electron chi connectivity index (χ1n) is 6.77. The summed E-state index contributed by atoms with van der Waals surface area (Å²) in [5, 5.41) is 0. The van der Waals surface area contributed by atoms with Crippen molar-refractivity contribution in [2.24, 2.45) is 0 Å². The van der Waals surface area contributed by atoms with Crippen LogP contribution in [0.4, 0.5) is 11.4 Å². The average molecular weight is 306 g/mol. The minimum atomic E-state index is -3.25. The van der Waals surface area contributed by atoms with Gasteiger partial charge in [-0.15, -0.1) is 0 Å². The fourth-order valence-electron chi connectivity index (χ4n) is 2.61. The Balaban J connectivity index is 1.86. The maximum Gasteiger partial charge on any atom is 0.229 e. The summed E-state index contributed by atoms with van der Waals surface area (Å²) >= 11 is 0. The van der Waals surface area contributed by atoms with E-state index in [1.165, 1.54) is 5.56 Å². The van der Waals surface area contributed by atoms with Gasteiger partial charge >= 0.3 is 0 Å². The fraction of sp³-hybridized carbons (Fsp3) is 0.357. The van der Waals surface area contributed by atoms with E-state index in [-0.39, 0.29) is 0 Å². The van der Waals surface area contributed by atoms with Crippen molar-refractivity contribution in [3.63, 3.8) is 0 Å². The lowest BCUT2D eigenvalue weighted by Crippen LogP contribution is -2.20. The molecular weight excluding hydrogens is 288 g/mol. The van der Waals surface area contributed by atoms with E-state index in [2.05, 4.69) is 19.6 Å². The number of rotatable bonds is 4. The van der Waals surface area contributed by atoms with Crippen molar-refractivity contribution in [1.82, 2.24) is 9.97 Å². The van der Waals surface area contributed by atoms with E-state index < -0.39 is 10.0 Å². The molecular formula is C14H18N4O2S. The molecule has 2 aromatic rings. The van der Waals surface area contributed by atoms with Crippen molar-refractivity contribution in [3.05, 3.63) is 41.5 Å². The summed E-state index contributed by atoms with van der Waals surface area (Å²) < 4.78 is 25.2. The van der Waals surface area contributed by atoms with Crippen molar-refractivity contribution in [1.29, 1.82) is 0 Å². The van der Waals surface area contributed by atoms with E-state index in [1.807, 2.05) is 25.1 Å². The molecule has 0 bridgehead atoms. The predicted molar refractivity (Wildman–Crippen MR) is 83.0 cm³/mol. The molecule has 0 amide bonds. The first-order chi connectivity index (χ1) is 9.92. The number of aromatic amines is 1. The second kappa shape index (κ2) is 5.07. The zero-order valence-corrected chi connectivity index (χ0v) is 12.9. The first kappa shape index (κ1) is 13.9. The van der Waals surface area contributed by atoms with E-state index in [0.717, 1.165) is 42.8 Å². The summed E-state index contributed by atoms with van der Waals surface area (Å²) in [6, 6.07) is 5.69. The highest BCUT2D eigenvalue weighted by Crippen LogP contribution is 2.32. The third kappa shape index (κ3) is 3.02. The molecule has 2 N–H and O–H groups in total. The van der Waals surface area contributed by atoms with Gasteiger partial charge in [0.15, 0.2) is 0 Å². The number of aryl methyl sites for hydroxylation is 1. The molecule has 7 heteroatoms. The molecule has 6 nitrogen and oxygen atoms in total. The molecule has 0 aliphatic carbocycles. The van der Waals surface area contributed by atoms with Gasteiger partial charge in [0.2, 0.25) is 10.0 Å². The number of aromatic nitrogens is 2. The van der Waals surface area contributed by atoms with Crippen molar-refractivity contribution in [2.45, 2.75) is 19.9 Å². The predicted octanol–water partition coefficient (Wildman–Crippen LogP) is 1.65. The Kier molecular flexibility index (Phi) is 3.36. The van der Waals surface area contributed by atoms with Crippen LogP contribution >= 0.6 is 0 Å². The van der Waals surface area contributed by atoms with Gasteiger partial charge in [0, 0.05) is 17.9 Å². The largest absolute Gasteiger partial charge is 0.365 e. The van der Waals surface area contributed by atoms with Gasteiger partial charge in [-0.1, -0.05) is 6.07 Å². The third-order valence-corrected chi connectivity index (χ3v) is 4.26. The molecule has 0 fully saturated rings. The summed E-state index contributed by atoms with van der Waals surface area (Å²) in [5.41, 5.74) is 4.99. The minimum absolute atomic E-state index is 0.599. The topological polar surface area (TPSA) is 78.1 Å². The maximum atomic E-state index is 11.3. The highest BCUT2D eigenvalue weighted by molar-refractivity contribution is 7.92. The number of hydrogen-bond acceptors (Lipinski definition) is 4. The lowest BCUT2D eigenvalue weighted by Gasteiger charge is -2.19. The second-order valence-electron chi connectivity index (χ2n) is 5.36. The molecule has 0 unspecified atom stereocenters. The number of imidazole rings is 1. The molecule has 1 aliphatic heterocycles.